The third-order valence-electron chi connectivity index (χ3n) is 5.23. The Balaban J connectivity index is 1.60. The number of aryl methyl sites for hydroxylation is 1. The molecule has 1 aromatic carbocycles. The van der Waals surface area contributed by atoms with Crippen LogP contribution >= 0.6 is 11.3 Å². The highest BCUT2D eigenvalue weighted by molar-refractivity contribution is 7.13. The predicted molar refractivity (Wildman–Crippen MR) is 124 cm³/mol. The largest absolute Gasteiger partial charge is 0.454 e. The fourth-order valence-corrected chi connectivity index (χ4v) is 4.36. The van der Waals surface area contributed by atoms with Gasteiger partial charge in [0.2, 0.25) is 5.78 Å². The maximum atomic E-state index is 13.0. The lowest BCUT2D eigenvalue weighted by Crippen LogP contribution is -2.15. The van der Waals surface area contributed by atoms with Crippen LogP contribution in [0.15, 0.2) is 66.6 Å². The van der Waals surface area contributed by atoms with Gasteiger partial charge >= 0.3 is 5.97 Å². The van der Waals surface area contributed by atoms with Crippen LogP contribution in [0.4, 0.5) is 0 Å². The smallest absolute Gasteiger partial charge is 0.339 e. The maximum Gasteiger partial charge on any atom is 0.339 e. The van der Waals surface area contributed by atoms with Crippen molar-refractivity contribution in [3.05, 3.63) is 89.1 Å². The van der Waals surface area contributed by atoms with Crippen LogP contribution in [0, 0.1) is 13.8 Å². The van der Waals surface area contributed by atoms with Crippen molar-refractivity contribution in [2.24, 2.45) is 0 Å². The van der Waals surface area contributed by atoms with Gasteiger partial charge in [0.15, 0.2) is 6.61 Å². The lowest BCUT2D eigenvalue weighted by atomic mass is 10.1. The first-order valence-corrected chi connectivity index (χ1v) is 10.8. The minimum absolute atomic E-state index is 0.228. The van der Waals surface area contributed by atoms with E-state index in [9.17, 15) is 9.59 Å². The summed E-state index contributed by atoms with van der Waals surface area (Å²) in [6.45, 7) is 7.89. The highest BCUT2D eigenvalue weighted by Gasteiger charge is 2.20. The molecule has 0 saturated heterocycles. The summed E-state index contributed by atoms with van der Waals surface area (Å²) < 4.78 is 7.45. The van der Waals surface area contributed by atoms with Crippen LogP contribution in [0.3, 0.4) is 0 Å². The minimum Gasteiger partial charge on any atom is -0.454 e. The van der Waals surface area contributed by atoms with Crippen LogP contribution in [0.5, 0.6) is 0 Å². The number of Topliss-reactive ketones (excluding diaryl/α,β-unsaturated/α-hetero) is 1. The number of para-hydroxylation sites is 1. The second-order valence-electron chi connectivity index (χ2n) is 7.23. The zero-order valence-electron chi connectivity index (χ0n) is 17.4. The van der Waals surface area contributed by atoms with Crippen LogP contribution in [0.2, 0.25) is 0 Å². The molecule has 0 aliphatic rings. The van der Waals surface area contributed by atoms with Crippen LogP contribution in [-0.2, 0) is 11.3 Å². The van der Waals surface area contributed by atoms with Crippen molar-refractivity contribution >= 4 is 34.0 Å². The number of rotatable bonds is 7. The standard InChI is InChI=1S/C25H22N2O3S/c1-4-11-27-16(2)13-19(17(27)3)23(28)15-30-25(29)20-14-22(24-10-7-12-31-24)26-21-9-6-5-8-18(20)21/h4-10,12-14H,1,11,15H2,2-3H3. The van der Waals surface area contributed by atoms with Gasteiger partial charge in [-0.25, -0.2) is 9.78 Å². The van der Waals surface area contributed by atoms with Gasteiger partial charge in [-0.1, -0.05) is 30.3 Å². The van der Waals surface area contributed by atoms with E-state index in [-0.39, 0.29) is 12.4 Å². The topological polar surface area (TPSA) is 61.2 Å². The van der Waals surface area contributed by atoms with E-state index >= 15 is 0 Å². The molecule has 31 heavy (non-hydrogen) atoms. The number of esters is 1. The zero-order chi connectivity index (χ0) is 22.0. The quantitative estimate of drug-likeness (QED) is 0.217. The number of benzene rings is 1. The number of pyridine rings is 1. The van der Waals surface area contributed by atoms with Gasteiger partial charge in [-0.15, -0.1) is 17.9 Å². The van der Waals surface area contributed by atoms with Gasteiger partial charge in [0.1, 0.15) is 0 Å². The molecule has 0 N–H and O–H groups in total. The van der Waals surface area contributed by atoms with E-state index in [1.165, 1.54) is 0 Å². The second kappa shape index (κ2) is 8.70. The van der Waals surface area contributed by atoms with E-state index in [1.54, 1.807) is 23.5 Å². The van der Waals surface area contributed by atoms with E-state index in [2.05, 4.69) is 11.6 Å². The second-order valence-corrected chi connectivity index (χ2v) is 8.18. The number of fused-ring (bicyclic) bond motifs is 1. The Morgan fingerprint density at radius 1 is 1.13 bits per heavy atom. The van der Waals surface area contributed by atoms with Crippen LogP contribution < -0.4 is 0 Å². The van der Waals surface area contributed by atoms with Crippen LogP contribution in [-0.4, -0.2) is 27.9 Å². The van der Waals surface area contributed by atoms with Crippen molar-refractivity contribution in [2.75, 3.05) is 6.61 Å². The number of ketones is 1. The van der Waals surface area contributed by atoms with E-state index in [0.717, 1.165) is 16.3 Å². The van der Waals surface area contributed by atoms with Crippen molar-refractivity contribution in [3.8, 4) is 10.6 Å². The van der Waals surface area contributed by atoms with Gasteiger partial charge in [0.05, 0.1) is 21.7 Å². The van der Waals surface area contributed by atoms with Crippen LogP contribution in [0.1, 0.15) is 32.1 Å². The number of hydrogen-bond acceptors (Lipinski definition) is 5. The molecule has 0 spiro atoms. The first-order valence-electron chi connectivity index (χ1n) is 9.91. The number of carbonyl (C=O) groups excluding carboxylic acids is 2. The van der Waals surface area contributed by atoms with E-state index in [1.807, 2.05) is 66.3 Å². The highest BCUT2D eigenvalue weighted by atomic mass is 32.1. The minimum atomic E-state index is -0.537. The molecular weight excluding hydrogens is 408 g/mol. The van der Waals surface area contributed by atoms with Crippen molar-refractivity contribution < 1.29 is 14.3 Å². The Morgan fingerprint density at radius 2 is 1.94 bits per heavy atom. The number of carbonyl (C=O) groups is 2. The van der Waals surface area contributed by atoms with E-state index < -0.39 is 5.97 Å². The Morgan fingerprint density at radius 3 is 2.68 bits per heavy atom. The van der Waals surface area contributed by atoms with Gasteiger partial charge in [-0.05, 0) is 43.5 Å². The number of nitrogens with zero attached hydrogens (tertiary/aromatic N) is 2. The number of ether oxygens (including phenoxy) is 1. The van der Waals surface area contributed by atoms with Gasteiger partial charge in [0.25, 0.3) is 0 Å². The number of thiophene rings is 1. The molecule has 4 rings (SSSR count). The summed E-state index contributed by atoms with van der Waals surface area (Å²) in [7, 11) is 0. The van der Waals surface area contributed by atoms with Crippen molar-refractivity contribution in [3.63, 3.8) is 0 Å². The average molecular weight is 431 g/mol. The van der Waals surface area contributed by atoms with Crippen molar-refractivity contribution in [1.29, 1.82) is 0 Å². The third-order valence-corrected chi connectivity index (χ3v) is 6.12. The number of aromatic nitrogens is 2. The first-order chi connectivity index (χ1) is 15.0. The van der Waals surface area contributed by atoms with E-state index in [4.69, 9.17) is 4.74 Å². The number of allylic oxidation sites excluding steroid dienone is 1. The monoisotopic (exact) mass is 430 g/mol. The molecule has 156 valence electrons. The SMILES string of the molecule is C=CCn1c(C)cc(C(=O)COC(=O)c2cc(-c3cccs3)nc3ccccc23)c1C. The number of hydrogen-bond donors (Lipinski definition) is 0. The summed E-state index contributed by atoms with van der Waals surface area (Å²) in [6.07, 6.45) is 1.79. The lowest BCUT2D eigenvalue weighted by molar-refractivity contribution is 0.0476. The molecule has 0 amide bonds. The molecule has 0 radical (unpaired) electrons. The molecule has 0 fully saturated rings. The van der Waals surface area contributed by atoms with E-state index in [0.29, 0.717) is 34.3 Å². The Hall–Kier alpha value is -3.51. The van der Waals surface area contributed by atoms with Crippen LogP contribution in [0.25, 0.3) is 21.5 Å². The van der Waals surface area contributed by atoms with Gasteiger partial charge in [-0.2, -0.15) is 0 Å². The Bertz CT molecular complexity index is 1290. The molecule has 4 aromatic rings. The predicted octanol–water partition coefficient (Wildman–Crippen LogP) is 5.61. The first kappa shape index (κ1) is 20.8. The van der Waals surface area contributed by atoms with Gasteiger partial charge in [0, 0.05) is 28.9 Å². The maximum absolute atomic E-state index is 13.0. The molecule has 3 aromatic heterocycles. The molecule has 5 nitrogen and oxygen atoms in total. The third kappa shape index (κ3) is 4.07. The lowest BCUT2D eigenvalue weighted by Gasteiger charge is -2.09. The molecular formula is C25H22N2O3S. The Kier molecular flexibility index (Phi) is 5.82. The molecule has 0 bridgehead atoms. The van der Waals surface area contributed by atoms with Crippen molar-refractivity contribution in [2.45, 2.75) is 20.4 Å². The summed E-state index contributed by atoms with van der Waals surface area (Å²) in [5.74, 6) is -0.766. The Labute approximate surface area is 184 Å². The normalized spacial score (nSPS) is 10.9. The molecule has 6 heteroatoms. The summed E-state index contributed by atoms with van der Waals surface area (Å²) in [4.78, 5) is 31.4. The van der Waals surface area contributed by atoms with Gasteiger partial charge in [-0.3, -0.25) is 4.79 Å². The molecule has 0 aliphatic carbocycles. The summed E-state index contributed by atoms with van der Waals surface area (Å²) in [6, 6.07) is 14.9. The highest BCUT2D eigenvalue weighted by Crippen LogP contribution is 2.28. The van der Waals surface area contributed by atoms with Crippen molar-refractivity contribution in [1.82, 2.24) is 9.55 Å². The molecule has 3 heterocycles. The molecule has 0 atom stereocenters. The fraction of sp³-hybridized carbons (Fsp3) is 0.160. The zero-order valence-corrected chi connectivity index (χ0v) is 18.2. The summed E-state index contributed by atoms with van der Waals surface area (Å²) in [5, 5.41) is 2.66. The molecule has 0 unspecified atom stereocenters. The van der Waals surface area contributed by atoms with Gasteiger partial charge < -0.3 is 9.30 Å². The molecule has 0 saturated carbocycles. The molecule has 0 aliphatic heterocycles. The average Bonchev–Trinajstić information content (AvgIpc) is 3.41. The summed E-state index contributed by atoms with van der Waals surface area (Å²) >= 11 is 1.55. The fourth-order valence-electron chi connectivity index (χ4n) is 3.67. The summed E-state index contributed by atoms with van der Waals surface area (Å²) in [5.41, 5.74) is 4.19.